The Hall–Kier alpha value is -3.88. The Morgan fingerprint density at radius 3 is 1.55 bits per heavy atom. The molecule has 0 bridgehead atoms. The van der Waals surface area contributed by atoms with Crippen LogP contribution < -0.4 is 16.0 Å². The lowest BCUT2D eigenvalue weighted by Gasteiger charge is -2.29. The minimum atomic E-state index is -0.931. The van der Waals surface area contributed by atoms with E-state index < -0.39 is 42.0 Å². The van der Waals surface area contributed by atoms with Gasteiger partial charge in [0.25, 0.3) is 0 Å². The van der Waals surface area contributed by atoms with Crippen molar-refractivity contribution < 1.29 is 28.7 Å². The number of ether oxygens (including phenoxy) is 2. The normalized spacial score (nSPS) is 14.0. The van der Waals surface area contributed by atoms with E-state index in [1.54, 1.807) is 13.8 Å². The van der Waals surface area contributed by atoms with E-state index in [0.29, 0.717) is 6.42 Å². The number of esters is 1. The lowest BCUT2D eigenvalue weighted by atomic mass is 9.95. The summed E-state index contributed by atoms with van der Waals surface area (Å²) < 4.78 is 10.7. The largest absolute Gasteiger partial charge is 0.459 e. The zero-order chi connectivity index (χ0) is 29.7. The van der Waals surface area contributed by atoms with Crippen molar-refractivity contribution in [1.29, 1.82) is 0 Å². The highest BCUT2D eigenvalue weighted by Gasteiger charge is 2.34. The van der Waals surface area contributed by atoms with Crippen molar-refractivity contribution in [2.75, 3.05) is 0 Å². The molecule has 218 valence electrons. The van der Waals surface area contributed by atoms with E-state index in [1.165, 1.54) is 0 Å². The highest BCUT2D eigenvalue weighted by molar-refractivity contribution is 5.93. The molecule has 0 aromatic heterocycles. The molecule has 40 heavy (non-hydrogen) atoms. The van der Waals surface area contributed by atoms with Gasteiger partial charge in [-0.2, -0.15) is 0 Å². The number of hydrogen-bond acceptors (Lipinski definition) is 6. The molecule has 0 radical (unpaired) electrons. The van der Waals surface area contributed by atoms with E-state index in [-0.39, 0.29) is 31.0 Å². The number of nitrogens with one attached hydrogen (secondary N) is 3. The first-order chi connectivity index (χ1) is 19.0. The van der Waals surface area contributed by atoms with E-state index in [0.717, 1.165) is 11.1 Å². The molecule has 2 aromatic rings. The van der Waals surface area contributed by atoms with E-state index in [4.69, 9.17) is 9.47 Å². The molecule has 0 saturated carbocycles. The van der Waals surface area contributed by atoms with Crippen LogP contribution in [0.5, 0.6) is 0 Å². The molecular formula is C31H43N3O6. The molecule has 0 heterocycles. The Bertz CT molecular complexity index is 1090. The summed E-state index contributed by atoms with van der Waals surface area (Å²) in [4.78, 5) is 52.0. The Labute approximate surface area is 237 Å². The Morgan fingerprint density at radius 2 is 1.07 bits per heavy atom. The minimum Gasteiger partial charge on any atom is -0.459 e. The van der Waals surface area contributed by atoms with Gasteiger partial charge in [0.05, 0.1) is 0 Å². The van der Waals surface area contributed by atoms with Crippen molar-refractivity contribution >= 4 is 23.9 Å². The fourth-order valence-corrected chi connectivity index (χ4v) is 3.93. The lowest BCUT2D eigenvalue weighted by molar-refractivity contribution is -0.150. The van der Waals surface area contributed by atoms with Gasteiger partial charge in [-0.3, -0.25) is 9.59 Å². The Morgan fingerprint density at radius 1 is 0.625 bits per heavy atom. The molecule has 4 atom stereocenters. The van der Waals surface area contributed by atoms with Crippen molar-refractivity contribution in [2.45, 2.75) is 79.3 Å². The van der Waals surface area contributed by atoms with E-state index in [1.807, 2.05) is 88.4 Å². The van der Waals surface area contributed by atoms with Crippen LogP contribution in [0, 0.1) is 17.8 Å². The molecule has 0 saturated heterocycles. The van der Waals surface area contributed by atoms with Gasteiger partial charge in [0.15, 0.2) is 0 Å². The molecule has 2 aromatic carbocycles. The van der Waals surface area contributed by atoms with Gasteiger partial charge < -0.3 is 25.4 Å². The fraction of sp³-hybridized carbons (Fsp3) is 0.484. The van der Waals surface area contributed by atoms with Crippen LogP contribution in [-0.2, 0) is 37.1 Å². The van der Waals surface area contributed by atoms with Crippen molar-refractivity contribution in [3.05, 3.63) is 71.8 Å². The summed E-state index contributed by atoms with van der Waals surface area (Å²) in [5.41, 5.74) is 1.66. The number of carbonyl (C=O) groups excluding carboxylic acids is 4. The van der Waals surface area contributed by atoms with Crippen LogP contribution in [0.3, 0.4) is 0 Å². The molecule has 0 aliphatic heterocycles. The average molecular weight is 554 g/mol. The second-order valence-electron chi connectivity index (χ2n) is 10.6. The first kappa shape index (κ1) is 32.3. The van der Waals surface area contributed by atoms with Crippen LogP contribution >= 0.6 is 0 Å². The zero-order valence-electron chi connectivity index (χ0n) is 24.3. The number of benzene rings is 2. The zero-order valence-corrected chi connectivity index (χ0v) is 24.3. The van der Waals surface area contributed by atoms with E-state index in [9.17, 15) is 19.2 Å². The van der Waals surface area contributed by atoms with Crippen LogP contribution in [0.4, 0.5) is 4.79 Å². The first-order valence-electron chi connectivity index (χ1n) is 13.8. The third-order valence-electron chi connectivity index (χ3n) is 6.67. The summed E-state index contributed by atoms with van der Waals surface area (Å²) in [5.74, 6) is -2.32. The second kappa shape index (κ2) is 16.3. The maximum Gasteiger partial charge on any atom is 0.408 e. The predicted molar refractivity (Wildman–Crippen MR) is 153 cm³/mol. The maximum absolute atomic E-state index is 13.4. The average Bonchev–Trinajstić information content (AvgIpc) is 2.95. The topological polar surface area (TPSA) is 123 Å². The van der Waals surface area contributed by atoms with Crippen LogP contribution in [0.2, 0.25) is 0 Å². The van der Waals surface area contributed by atoms with E-state index in [2.05, 4.69) is 16.0 Å². The van der Waals surface area contributed by atoms with Gasteiger partial charge in [0, 0.05) is 0 Å². The van der Waals surface area contributed by atoms with Gasteiger partial charge >= 0.3 is 12.1 Å². The van der Waals surface area contributed by atoms with Crippen molar-refractivity contribution in [3.63, 3.8) is 0 Å². The SMILES string of the molecule is CC[C@H](C)[C@H](NC(=O)[C@@H](NC(=O)OCc1ccccc1)C(C)C)C(=O)N[C@H](C(=O)OCc1ccccc1)C(C)C. The molecule has 0 aliphatic rings. The molecule has 0 aliphatic carbocycles. The molecule has 9 nitrogen and oxygen atoms in total. The van der Waals surface area contributed by atoms with Crippen LogP contribution in [0.1, 0.15) is 59.1 Å². The minimum absolute atomic E-state index is 0.0635. The number of hydrogen-bond donors (Lipinski definition) is 3. The van der Waals surface area contributed by atoms with Gasteiger partial charge in [-0.15, -0.1) is 0 Å². The summed E-state index contributed by atoms with van der Waals surface area (Å²) in [7, 11) is 0. The molecule has 2 rings (SSSR count). The molecule has 0 fully saturated rings. The van der Waals surface area contributed by atoms with Gasteiger partial charge in [0.1, 0.15) is 31.3 Å². The molecule has 0 spiro atoms. The Balaban J connectivity index is 2.05. The molecule has 0 unspecified atom stereocenters. The smallest absolute Gasteiger partial charge is 0.408 e. The predicted octanol–water partition coefficient (Wildman–Crippen LogP) is 4.35. The fourth-order valence-electron chi connectivity index (χ4n) is 3.93. The van der Waals surface area contributed by atoms with Gasteiger partial charge in [-0.1, -0.05) is 109 Å². The third-order valence-corrected chi connectivity index (χ3v) is 6.67. The van der Waals surface area contributed by atoms with Crippen LogP contribution in [0.25, 0.3) is 0 Å². The van der Waals surface area contributed by atoms with Gasteiger partial charge in [0.2, 0.25) is 11.8 Å². The summed E-state index contributed by atoms with van der Waals surface area (Å²) in [6.45, 7) is 11.1. The number of alkyl carbamates (subject to hydrolysis) is 1. The van der Waals surface area contributed by atoms with Gasteiger partial charge in [-0.05, 0) is 28.9 Å². The Kier molecular flexibility index (Phi) is 13.2. The van der Waals surface area contributed by atoms with Crippen LogP contribution in [0.15, 0.2) is 60.7 Å². The summed E-state index contributed by atoms with van der Waals surface area (Å²) in [5, 5.41) is 8.19. The highest BCUT2D eigenvalue weighted by atomic mass is 16.5. The van der Waals surface area contributed by atoms with Crippen molar-refractivity contribution in [3.8, 4) is 0 Å². The van der Waals surface area contributed by atoms with Crippen LogP contribution in [-0.4, -0.2) is 42.0 Å². The first-order valence-corrected chi connectivity index (χ1v) is 13.8. The van der Waals surface area contributed by atoms with Crippen molar-refractivity contribution in [2.24, 2.45) is 17.8 Å². The van der Waals surface area contributed by atoms with E-state index >= 15 is 0 Å². The molecule has 3 amide bonds. The summed E-state index contributed by atoms with van der Waals surface area (Å²) >= 11 is 0. The highest BCUT2D eigenvalue weighted by Crippen LogP contribution is 2.13. The lowest BCUT2D eigenvalue weighted by Crippen LogP contribution is -2.59. The third kappa shape index (κ3) is 10.4. The summed E-state index contributed by atoms with van der Waals surface area (Å²) in [6.07, 6.45) is -0.134. The number of carbonyl (C=O) groups is 4. The monoisotopic (exact) mass is 553 g/mol. The standard InChI is InChI=1S/C31H43N3O6/c1-7-22(6)27(29(36)32-26(21(4)5)30(37)39-18-23-14-10-8-11-15-23)33-28(35)25(20(2)3)34-31(38)40-19-24-16-12-9-13-17-24/h8-17,20-22,25-27H,7,18-19H2,1-6H3,(H,32,36)(H,33,35)(H,34,38)/t22-,25-,26-,27-/m0/s1. The summed E-state index contributed by atoms with van der Waals surface area (Å²) in [6, 6.07) is 15.7. The molecule has 9 heteroatoms. The quantitative estimate of drug-likeness (QED) is 0.299. The molecular weight excluding hydrogens is 510 g/mol. The number of amides is 3. The van der Waals surface area contributed by atoms with Gasteiger partial charge in [-0.25, -0.2) is 9.59 Å². The molecule has 3 N–H and O–H groups in total. The second-order valence-corrected chi connectivity index (χ2v) is 10.6. The number of rotatable bonds is 14. The maximum atomic E-state index is 13.4. The van der Waals surface area contributed by atoms with Crippen molar-refractivity contribution in [1.82, 2.24) is 16.0 Å².